The summed E-state index contributed by atoms with van der Waals surface area (Å²) in [7, 11) is 0. The number of phenols is 1. The Kier molecular flexibility index (Phi) is 2.79. The fourth-order valence-electron chi connectivity index (χ4n) is 3.37. The predicted molar refractivity (Wildman–Crippen MR) is 81.5 cm³/mol. The largest absolute Gasteiger partial charge is 0.508 e. The highest BCUT2D eigenvalue weighted by atomic mass is 16.5. The molecule has 0 fully saturated rings. The van der Waals surface area contributed by atoms with Crippen molar-refractivity contribution in [3.63, 3.8) is 0 Å². The van der Waals surface area contributed by atoms with Crippen molar-refractivity contribution in [1.82, 2.24) is 9.97 Å². The minimum atomic E-state index is -0.333. The van der Waals surface area contributed by atoms with Crippen LogP contribution in [0.3, 0.4) is 0 Å². The van der Waals surface area contributed by atoms with E-state index in [9.17, 15) is 5.11 Å². The van der Waals surface area contributed by atoms with E-state index in [4.69, 9.17) is 10.5 Å². The number of aliphatic imine (C=N–C) groups is 1. The van der Waals surface area contributed by atoms with Gasteiger partial charge in [-0.25, -0.2) is 15.0 Å². The van der Waals surface area contributed by atoms with Crippen molar-refractivity contribution in [2.45, 2.75) is 24.8 Å². The van der Waals surface area contributed by atoms with Crippen LogP contribution < -0.4 is 5.73 Å². The smallest absolute Gasteiger partial charge is 0.282 e. The predicted octanol–water partition coefficient (Wildman–Crippen LogP) is 1.42. The standard InChI is InChI=1S/C16H16N4O2/c17-15-20-16(8-22-15)4-3-12-11(10-6-18-9-19-7-10)1-2-14(21)13(12)5-16/h1-2,6-7,9,21H,3-5,8H2,(H2,17,20)/t16-/m1/s1. The summed E-state index contributed by atoms with van der Waals surface area (Å²) in [6.45, 7) is 0.483. The molecule has 2 aliphatic rings. The van der Waals surface area contributed by atoms with E-state index in [0.717, 1.165) is 35.1 Å². The molecule has 0 radical (unpaired) electrons. The third kappa shape index (κ3) is 1.99. The molecule has 0 saturated carbocycles. The van der Waals surface area contributed by atoms with Gasteiger partial charge in [0.05, 0.1) is 0 Å². The van der Waals surface area contributed by atoms with Crippen LogP contribution in [0.2, 0.25) is 0 Å². The molecule has 0 unspecified atom stereocenters. The number of nitrogens with zero attached hydrogens (tertiary/aromatic N) is 3. The summed E-state index contributed by atoms with van der Waals surface area (Å²) in [6.07, 6.45) is 7.39. The number of ether oxygens (including phenoxy) is 1. The zero-order valence-corrected chi connectivity index (χ0v) is 12.0. The van der Waals surface area contributed by atoms with E-state index in [1.807, 2.05) is 6.07 Å². The number of fused-ring (bicyclic) bond motifs is 1. The number of aromatic nitrogens is 2. The first-order chi connectivity index (χ1) is 10.7. The lowest BCUT2D eigenvalue weighted by atomic mass is 9.76. The second-order valence-corrected chi connectivity index (χ2v) is 5.86. The molecule has 112 valence electrons. The van der Waals surface area contributed by atoms with Crippen LogP contribution in [0, 0.1) is 0 Å². The number of hydrogen-bond donors (Lipinski definition) is 2. The Morgan fingerprint density at radius 3 is 2.73 bits per heavy atom. The lowest BCUT2D eigenvalue weighted by molar-refractivity contribution is 0.233. The van der Waals surface area contributed by atoms with Crippen LogP contribution >= 0.6 is 0 Å². The third-order valence-electron chi connectivity index (χ3n) is 4.46. The summed E-state index contributed by atoms with van der Waals surface area (Å²) in [5.74, 6) is 0.301. The van der Waals surface area contributed by atoms with Crippen LogP contribution in [0.4, 0.5) is 0 Å². The van der Waals surface area contributed by atoms with Gasteiger partial charge >= 0.3 is 0 Å². The number of nitrogens with two attached hydrogens (primary N) is 1. The summed E-state index contributed by atoms with van der Waals surface area (Å²) in [5.41, 5.74) is 9.43. The molecule has 1 aromatic heterocycles. The van der Waals surface area contributed by atoms with Crippen molar-refractivity contribution in [3.8, 4) is 16.9 Å². The Morgan fingerprint density at radius 2 is 2.00 bits per heavy atom. The molecular formula is C16H16N4O2. The van der Waals surface area contributed by atoms with Crippen LogP contribution in [-0.2, 0) is 17.6 Å². The Bertz CT molecular complexity index is 760. The number of phenolic OH excluding ortho intramolecular Hbond substituents is 1. The summed E-state index contributed by atoms with van der Waals surface area (Å²) in [6, 6.07) is 3.90. The van der Waals surface area contributed by atoms with Crippen LogP contribution in [0.5, 0.6) is 5.75 Å². The maximum atomic E-state index is 10.3. The average Bonchev–Trinajstić information content (AvgIpc) is 2.90. The zero-order valence-electron chi connectivity index (χ0n) is 12.0. The molecule has 6 heteroatoms. The fraction of sp³-hybridized carbons (Fsp3) is 0.312. The normalized spacial score (nSPS) is 23.0. The second-order valence-electron chi connectivity index (χ2n) is 5.86. The van der Waals surface area contributed by atoms with Gasteiger partial charge in [0.25, 0.3) is 6.02 Å². The summed E-state index contributed by atoms with van der Waals surface area (Å²) < 4.78 is 5.34. The number of hydrogen-bond acceptors (Lipinski definition) is 6. The van der Waals surface area contributed by atoms with Gasteiger partial charge < -0.3 is 15.6 Å². The molecular weight excluding hydrogens is 280 g/mol. The Morgan fingerprint density at radius 1 is 1.18 bits per heavy atom. The maximum absolute atomic E-state index is 10.3. The van der Waals surface area contributed by atoms with Crippen LogP contribution in [0.1, 0.15) is 17.5 Å². The Hall–Kier alpha value is -2.63. The maximum Gasteiger partial charge on any atom is 0.282 e. The SMILES string of the molecule is NC1=N[C@@]2(CCc3c(-c4cncnc4)ccc(O)c3C2)CO1. The highest BCUT2D eigenvalue weighted by molar-refractivity contribution is 5.75. The highest BCUT2D eigenvalue weighted by Gasteiger charge is 2.40. The van der Waals surface area contributed by atoms with E-state index in [0.29, 0.717) is 18.8 Å². The zero-order chi connectivity index (χ0) is 15.2. The number of rotatable bonds is 1. The summed E-state index contributed by atoms with van der Waals surface area (Å²) in [5, 5.41) is 10.3. The van der Waals surface area contributed by atoms with Gasteiger partial charge in [-0.15, -0.1) is 0 Å². The van der Waals surface area contributed by atoms with Gasteiger partial charge in [0.15, 0.2) is 0 Å². The molecule has 1 aliphatic heterocycles. The molecule has 0 amide bonds. The van der Waals surface area contributed by atoms with E-state index in [-0.39, 0.29) is 11.6 Å². The van der Waals surface area contributed by atoms with Gasteiger partial charge in [0.2, 0.25) is 0 Å². The Labute approximate surface area is 127 Å². The first-order valence-electron chi connectivity index (χ1n) is 7.24. The number of amidine groups is 1. The molecule has 4 rings (SSSR count). The highest BCUT2D eigenvalue weighted by Crippen LogP contribution is 2.41. The average molecular weight is 296 g/mol. The van der Waals surface area contributed by atoms with Crippen LogP contribution in [-0.4, -0.2) is 33.2 Å². The van der Waals surface area contributed by atoms with Crippen molar-refractivity contribution in [2.75, 3.05) is 6.61 Å². The quantitative estimate of drug-likeness (QED) is 0.830. The fourth-order valence-corrected chi connectivity index (χ4v) is 3.37. The van der Waals surface area contributed by atoms with Crippen molar-refractivity contribution in [1.29, 1.82) is 0 Å². The van der Waals surface area contributed by atoms with Gasteiger partial charge in [-0.1, -0.05) is 6.07 Å². The molecule has 1 spiro atoms. The first-order valence-corrected chi connectivity index (χ1v) is 7.24. The topological polar surface area (TPSA) is 93.6 Å². The Balaban J connectivity index is 1.81. The molecule has 0 bridgehead atoms. The summed E-state index contributed by atoms with van der Waals surface area (Å²) in [4.78, 5) is 12.6. The number of aromatic hydroxyl groups is 1. The van der Waals surface area contributed by atoms with Crippen molar-refractivity contribution in [2.24, 2.45) is 10.7 Å². The molecule has 1 aromatic carbocycles. The van der Waals surface area contributed by atoms with Crippen LogP contribution in [0.15, 0.2) is 35.8 Å². The molecule has 0 saturated heterocycles. The molecule has 2 heterocycles. The van der Waals surface area contributed by atoms with Gasteiger partial charge in [0, 0.05) is 29.9 Å². The van der Waals surface area contributed by atoms with Crippen LogP contribution in [0.25, 0.3) is 11.1 Å². The lowest BCUT2D eigenvalue weighted by Crippen LogP contribution is -2.35. The molecule has 2 aromatic rings. The van der Waals surface area contributed by atoms with E-state index < -0.39 is 0 Å². The van der Waals surface area contributed by atoms with E-state index in [1.54, 1.807) is 18.5 Å². The van der Waals surface area contributed by atoms with Gasteiger partial charge in [-0.05, 0) is 30.0 Å². The van der Waals surface area contributed by atoms with E-state index in [1.165, 1.54) is 6.33 Å². The van der Waals surface area contributed by atoms with Crippen molar-refractivity contribution in [3.05, 3.63) is 42.0 Å². The molecule has 22 heavy (non-hydrogen) atoms. The van der Waals surface area contributed by atoms with E-state index in [2.05, 4.69) is 15.0 Å². The molecule has 6 nitrogen and oxygen atoms in total. The third-order valence-corrected chi connectivity index (χ3v) is 4.46. The van der Waals surface area contributed by atoms with Gasteiger partial charge in [-0.3, -0.25) is 0 Å². The summed E-state index contributed by atoms with van der Waals surface area (Å²) >= 11 is 0. The minimum Gasteiger partial charge on any atom is -0.508 e. The minimum absolute atomic E-state index is 0.246. The van der Waals surface area contributed by atoms with Gasteiger partial charge in [-0.2, -0.15) is 0 Å². The van der Waals surface area contributed by atoms with E-state index >= 15 is 0 Å². The molecule has 1 atom stereocenters. The molecule has 1 aliphatic carbocycles. The van der Waals surface area contributed by atoms with Crippen molar-refractivity contribution < 1.29 is 9.84 Å². The monoisotopic (exact) mass is 296 g/mol. The van der Waals surface area contributed by atoms with Gasteiger partial charge in [0.1, 0.15) is 24.2 Å². The number of benzene rings is 1. The second kappa shape index (κ2) is 4.69. The van der Waals surface area contributed by atoms with Crippen molar-refractivity contribution >= 4 is 6.02 Å². The lowest BCUT2D eigenvalue weighted by Gasteiger charge is -2.32. The molecule has 3 N–H and O–H groups in total. The first kappa shape index (κ1) is 13.1.